The van der Waals surface area contributed by atoms with Crippen LogP contribution >= 0.6 is 11.3 Å². The third-order valence-electron chi connectivity index (χ3n) is 2.33. The molecule has 0 unspecified atom stereocenters. The second-order valence-electron chi connectivity index (χ2n) is 3.37. The molecular formula is C10H11NO4S. The fourth-order valence-electron chi connectivity index (χ4n) is 1.49. The van der Waals surface area contributed by atoms with Gasteiger partial charge in [0.15, 0.2) is 0 Å². The lowest BCUT2D eigenvalue weighted by Gasteiger charge is -2.26. The summed E-state index contributed by atoms with van der Waals surface area (Å²) in [5, 5.41) is 8.76. The monoisotopic (exact) mass is 241 g/mol. The first-order valence-electron chi connectivity index (χ1n) is 4.88. The summed E-state index contributed by atoms with van der Waals surface area (Å²) in [5.41, 5.74) is 0. The zero-order chi connectivity index (χ0) is 11.5. The van der Waals surface area contributed by atoms with E-state index in [0.29, 0.717) is 31.2 Å². The van der Waals surface area contributed by atoms with E-state index in [9.17, 15) is 9.59 Å². The minimum Gasteiger partial charge on any atom is -0.477 e. The Hall–Kier alpha value is -1.40. The maximum absolute atomic E-state index is 11.9. The third kappa shape index (κ3) is 2.23. The van der Waals surface area contributed by atoms with Gasteiger partial charge in [0, 0.05) is 13.1 Å². The lowest BCUT2D eigenvalue weighted by Crippen LogP contribution is -2.40. The Morgan fingerprint density at radius 3 is 2.44 bits per heavy atom. The number of carboxylic acids is 1. The van der Waals surface area contributed by atoms with Crippen molar-refractivity contribution in [2.75, 3.05) is 26.3 Å². The SMILES string of the molecule is O=C(O)c1ccc(C(=O)N2CCOCC2)s1. The van der Waals surface area contributed by atoms with Gasteiger partial charge in [-0.05, 0) is 12.1 Å². The first-order chi connectivity index (χ1) is 7.68. The van der Waals surface area contributed by atoms with Gasteiger partial charge in [0.1, 0.15) is 4.88 Å². The summed E-state index contributed by atoms with van der Waals surface area (Å²) in [6.45, 7) is 2.23. The second-order valence-corrected chi connectivity index (χ2v) is 4.46. The fourth-order valence-corrected chi connectivity index (χ4v) is 2.30. The zero-order valence-electron chi connectivity index (χ0n) is 8.51. The summed E-state index contributed by atoms with van der Waals surface area (Å²) in [4.78, 5) is 24.9. The second kappa shape index (κ2) is 4.63. The molecule has 1 saturated heterocycles. The molecule has 1 aromatic heterocycles. The van der Waals surface area contributed by atoms with Crippen LogP contribution in [0.5, 0.6) is 0 Å². The highest BCUT2D eigenvalue weighted by molar-refractivity contribution is 7.15. The molecule has 0 atom stereocenters. The van der Waals surface area contributed by atoms with E-state index in [4.69, 9.17) is 9.84 Å². The van der Waals surface area contributed by atoms with E-state index in [2.05, 4.69) is 0 Å². The number of carboxylic acid groups (broad SMARTS) is 1. The van der Waals surface area contributed by atoms with E-state index in [1.807, 2.05) is 0 Å². The Morgan fingerprint density at radius 2 is 1.88 bits per heavy atom. The van der Waals surface area contributed by atoms with Crippen molar-refractivity contribution in [1.29, 1.82) is 0 Å². The fraction of sp³-hybridized carbons (Fsp3) is 0.400. The van der Waals surface area contributed by atoms with Crippen molar-refractivity contribution >= 4 is 23.2 Å². The van der Waals surface area contributed by atoms with Crippen LogP contribution in [-0.4, -0.2) is 48.2 Å². The van der Waals surface area contributed by atoms with Crippen LogP contribution in [0.1, 0.15) is 19.3 Å². The van der Waals surface area contributed by atoms with Crippen LogP contribution in [0.15, 0.2) is 12.1 Å². The molecule has 1 aliphatic rings. The Balaban J connectivity index is 2.10. The largest absolute Gasteiger partial charge is 0.477 e. The van der Waals surface area contributed by atoms with E-state index in [1.54, 1.807) is 11.0 Å². The molecule has 1 N–H and O–H groups in total. The van der Waals surface area contributed by atoms with Crippen LogP contribution < -0.4 is 0 Å². The van der Waals surface area contributed by atoms with Crippen molar-refractivity contribution in [3.05, 3.63) is 21.9 Å². The molecule has 2 rings (SSSR count). The number of nitrogens with zero attached hydrogens (tertiary/aromatic N) is 1. The number of amides is 1. The highest BCUT2D eigenvalue weighted by Gasteiger charge is 2.20. The van der Waals surface area contributed by atoms with Gasteiger partial charge in [-0.3, -0.25) is 4.79 Å². The van der Waals surface area contributed by atoms with Gasteiger partial charge in [-0.2, -0.15) is 0 Å². The Labute approximate surface area is 96.2 Å². The molecule has 86 valence electrons. The van der Waals surface area contributed by atoms with Crippen LogP contribution in [0, 0.1) is 0 Å². The van der Waals surface area contributed by atoms with Crippen molar-refractivity contribution < 1.29 is 19.4 Å². The normalized spacial score (nSPS) is 16.1. The minimum atomic E-state index is -0.994. The van der Waals surface area contributed by atoms with Crippen LogP contribution in [0.3, 0.4) is 0 Å². The molecule has 0 radical (unpaired) electrons. The summed E-state index contributed by atoms with van der Waals surface area (Å²) >= 11 is 1.01. The summed E-state index contributed by atoms with van der Waals surface area (Å²) < 4.78 is 5.14. The van der Waals surface area contributed by atoms with Gasteiger partial charge in [-0.25, -0.2) is 4.79 Å². The average Bonchev–Trinajstić information content (AvgIpc) is 2.78. The van der Waals surface area contributed by atoms with E-state index in [0.717, 1.165) is 11.3 Å². The smallest absolute Gasteiger partial charge is 0.345 e. The number of hydrogen-bond donors (Lipinski definition) is 1. The van der Waals surface area contributed by atoms with E-state index in [1.165, 1.54) is 6.07 Å². The molecule has 1 aliphatic heterocycles. The summed E-state index contributed by atoms with van der Waals surface area (Å²) in [6.07, 6.45) is 0. The zero-order valence-corrected chi connectivity index (χ0v) is 9.33. The van der Waals surface area contributed by atoms with Crippen LogP contribution in [0.4, 0.5) is 0 Å². The number of hydrogen-bond acceptors (Lipinski definition) is 4. The number of morpholine rings is 1. The number of rotatable bonds is 2. The Bertz CT molecular complexity index is 409. The Kier molecular flexibility index (Phi) is 3.21. The van der Waals surface area contributed by atoms with Crippen LogP contribution in [0.2, 0.25) is 0 Å². The lowest BCUT2D eigenvalue weighted by molar-refractivity contribution is 0.0306. The van der Waals surface area contributed by atoms with E-state index >= 15 is 0 Å². The molecule has 5 nitrogen and oxygen atoms in total. The minimum absolute atomic E-state index is 0.110. The number of aromatic carboxylic acids is 1. The molecule has 0 aliphatic carbocycles. The summed E-state index contributed by atoms with van der Waals surface area (Å²) in [5.74, 6) is -1.10. The van der Waals surface area contributed by atoms with Crippen molar-refractivity contribution in [3.8, 4) is 0 Å². The number of carbonyl (C=O) groups excluding carboxylic acids is 1. The topological polar surface area (TPSA) is 66.8 Å². The van der Waals surface area contributed by atoms with E-state index < -0.39 is 5.97 Å². The summed E-state index contributed by atoms with van der Waals surface area (Å²) in [7, 11) is 0. The molecule has 2 heterocycles. The number of carbonyl (C=O) groups is 2. The first-order valence-corrected chi connectivity index (χ1v) is 5.70. The highest BCUT2D eigenvalue weighted by atomic mass is 32.1. The van der Waals surface area contributed by atoms with Crippen molar-refractivity contribution in [1.82, 2.24) is 4.90 Å². The average molecular weight is 241 g/mol. The lowest BCUT2D eigenvalue weighted by atomic mass is 10.3. The van der Waals surface area contributed by atoms with Gasteiger partial charge in [0.05, 0.1) is 18.1 Å². The van der Waals surface area contributed by atoms with E-state index in [-0.39, 0.29) is 10.8 Å². The van der Waals surface area contributed by atoms with Crippen molar-refractivity contribution in [2.24, 2.45) is 0 Å². The molecule has 0 saturated carbocycles. The molecule has 1 fully saturated rings. The van der Waals surface area contributed by atoms with Gasteiger partial charge in [0.2, 0.25) is 0 Å². The highest BCUT2D eigenvalue weighted by Crippen LogP contribution is 2.18. The molecule has 1 aromatic rings. The maximum Gasteiger partial charge on any atom is 0.345 e. The standard InChI is InChI=1S/C10H11NO4S/c12-9(11-3-5-15-6-4-11)7-1-2-8(16-7)10(13)14/h1-2H,3-6H2,(H,13,14). The number of thiophene rings is 1. The predicted molar refractivity (Wildman–Crippen MR) is 58.0 cm³/mol. The molecular weight excluding hydrogens is 230 g/mol. The van der Waals surface area contributed by atoms with Gasteiger partial charge < -0.3 is 14.7 Å². The Morgan fingerprint density at radius 1 is 1.25 bits per heavy atom. The van der Waals surface area contributed by atoms with Crippen LogP contribution in [0.25, 0.3) is 0 Å². The van der Waals surface area contributed by atoms with Crippen LogP contribution in [-0.2, 0) is 4.74 Å². The molecule has 0 bridgehead atoms. The third-order valence-corrected chi connectivity index (χ3v) is 3.39. The predicted octanol–water partition coefficient (Wildman–Crippen LogP) is 0.919. The van der Waals surface area contributed by atoms with Crippen molar-refractivity contribution in [2.45, 2.75) is 0 Å². The number of ether oxygens (including phenoxy) is 1. The molecule has 1 amide bonds. The molecule has 0 spiro atoms. The quantitative estimate of drug-likeness (QED) is 0.836. The van der Waals surface area contributed by atoms with Gasteiger partial charge in [0.25, 0.3) is 5.91 Å². The molecule has 0 aromatic carbocycles. The first kappa shape index (κ1) is 11.1. The van der Waals surface area contributed by atoms with Crippen molar-refractivity contribution in [3.63, 3.8) is 0 Å². The van der Waals surface area contributed by atoms with Gasteiger partial charge in [-0.1, -0.05) is 0 Å². The molecule has 16 heavy (non-hydrogen) atoms. The van der Waals surface area contributed by atoms with Gasteiger partial charge in [-0.15, -0.1) is 11.3 Å². The maximum atomic E-state index is 11.9. The molecule has 6 heteroatoms. The summed E-state index contributed by atoms with van der Waals surface area (Å²) in [6, 6.07) is 3.02. The van der Waals surface area contributed by atoms with Gasteiger partial charge >= 0.3 is 5.97 Å².